The first-order valence-corrected chi connectivity index (χ1v) is 25.2. The number of carbonyl (C=O) groups excluding carboxylic acids is 2. The second-order valence-corrected chi connectivity index (χ2v) is 20.9. The summed E-state index contributed by atoms with van der Waals surface area (Å²) in [6, 6.07) is 0. The highest BCUT2D eigenvalue weighted by atomic mass is 32.2. The van der Waals surface area contributed by atoms with Crippen LogP contribution in [0.2, 0.25) is 0 Å². The average Bonchev–Trinajstić information content (AvgIpc) is 3.51. The van der Waals surface area contributed by atoms with E-state index in [0.717, 1.165) is 56.3 Å². The Bertz CT molecular complexity index is 1340. The molecule has 0 spiro atoms. The van der Waals surface area contributed by atoms with Gasteiger partial charge in [0, 0.05) is 19.4 Å². The van der Waals surface area contributed by atoms with Crippen LogP contribution in [-0.4, -0.2) is 43.2 Å². The van der Waals surface area contributed by atoms with E-state index in [0.29, 0.717) is 41.4 Å². The monoisotopic (exact) mass is 802 g/mol. The molecular formula is C48H83NO6S. The molecule has 9 atom stereocenters. The lowest BCUT2D eigenvalue weighted by Gasteiger charge is -2.61. The van der Waals surface area contributed by atoms with Crippen molar-refractivity contribution in [2.75, 3.05) is 12.3 Å². The third-order valence-corrected chi connectivity index (χ3v) is 16.2. The molecule has 4 fully saturated rings. The van der Waals surface area contributed by atoms with Gasteiger partial charge in [0.25, 0.3) is 10.1 Å². The number of esters is 1. The number of rotatable bonds is 26. The van der Waals surface area contributed by atoms with Crippen LogP contribution in [0, 0.1) is 46.3 Å². The first-order chi connectivity index (χ1) is 26.9. The van der Waals surface area contributed by atoms with Crippen LogP contribution in [0.3, 0.4) is 0 Å². The van der Waals surface area contributed by atoms with Crippen LogP contribution in [-0.2, 0) is 24.4 Å². The van der Waals surface area contributed by atoms with Gasteiger partial charge in [-0.3, -0.25) is 14.1 Å². The van der Waals surface area contributed by atoms with Crippen molar-refractivity contribution in [3.05, 3.63) is 24.3 Å². The summed E-state index contributed by atoms with van der Waals surface area (Å²) in [7, 11) is -4.06. The number of carbonyl (C=O) groups is 2. The largest absolute Gasteiger partial charge is 0.462 e. The van der Waals surface area contributed by atoms with Crippen LogP contribution < -0.4 is 5.32 Å². The molecule has 0 heterocycles. The van der Waals surface area contributed by atoms with Gasteiger partial charge in [-0.05, 0) is 149 Å². The van der Waals surface area contributed by atoms with Gasteiger partial charge >= 0.3 is 5.97 Å². The van der Waals surface area contributed by atoms with E-state index in [9.17, 15) is 18.0 Å². The normalized spacial score (nSPS) is 30.9. The van der Waals surface area contributed by atoms with Gasteiger partial charge in [0.1, 0.15) is 6.10 Å². The van der Waals surface area contributed by atoms with Crippen molar-refractivity contribution in [1.82, 2.24) is 5.32 Å². The van der Waals surface area contributed by atoms with E-state index in [1.807, 2.05) is 0 Å². The average molecular weight is 802 g/mol. The van der Waals surface area contributed by atoms with Crippen LogP contribution in [0.4, 0.5) is 0 Å². The lowest BCUT2D eigenvalue weighted by atomic mass is 9.44. The highest BCUT2D eigenvalue weighted by Gasteiger charge is 2.60. The summed E-state index contributed by atoms with van der Waals surface area (Å²) in [5, 5.41) is 2.66. The molecule has 4 rings (SSSR count). The summed E-state index contributed by atoms with van der Waals surface area (Å²) in [6.07, 6.45) is 40.9. The fourth-order valence-electron chi connectivity index (χ4n) is 12.3. The van der Waals surface area contributed by atoms with Crippen molar-refractivity contribution in [3.63, 3.8) is 0 Å². The summed E-state index contributed by atoms with van der Waals surface area (Å²) in [6.45, 7) is 9.66. The molecule has 4 aliphatic rings. The van der Waals surface area contributed by atoms with Crippen molar-refractivity contribution in [2.45, 2.75) is 207 Å². The van der Waals surface area contributed by atoms with Gasteiger partial charge in [-0.1, -0.05) is 110 Å². The van der Waals surface area contributed by atoms with Crippen LogP contribution in [0.25, 0.3) is 0 Å². The molecule has 8 heteroatoms. The lowest BCUT2D eigenvalue weighted by molar-refractivity contribution is -0.162. The zero-order chi connectivity index (χ0) is 40.4. The fourth-order valence-corrected chi connectivity index (χ4v) is 12.7. The van der Waals surface area contributed by atoms with Crippen molar-refractivity contribution in [2.24, 2.45) is 46.3 Å². The van der Waals surface area contributed by atoms with Crippen molar-refractivity contribution >= 4 is 22.0 Å². The van der Waals surface area contributed by atoms with Crippen molar-refractivity contribution < 1.29 is 27.3 Å². The van der Waals surface area contributed by atoms with E-state index in [4.69, 9.17) is 9.29 Å². The maximum Gasteiger partial charge on any atom is 0.306 e. The number of hydrogen-bond donors (Lipinski definition) is 2. The Morgan fingerprint density at radius 3 is 2.07 bits per heavy atom. The molecule has 0 aromatic rings. The Morgan fingerprint density at radius 2 is 1.39 bits per heavy atom. The summed E-state index contributed by atoms with van der Waals surface area (Å²) in [5.41, 5.74) is 0.666. The SMILES string of the molecule is CCCCC/C=C\C/C=C\CCCCCCCCCCCC(=O)OC1CCC2(C)C(CCC3C2CCC2(C)C(C(C)CCC(=O)NCCS(=O)(=O)O)CCC32)C1. The number of allylic oxidation sites excluding steroid dienone is 4. The number of ether oxygens (including phenoxy) is 1. The van der Waals surface area contributed by atoms with E-state index in [1.165, 1.54) is 122 Å². The minimum absolute atomic E-state index is 0.0273. The number of amides is 1. The van der Waals surface area contributed by atoms with Gasteiger partial charge in [-0.15, -0.1) is 0 Å². The number of hydrogen-bond acceptors (Lipinski definition) is 5. The predicted octanol–water partition coefficient (Wildman–Crippen LogP) is 12.4. The molecule has 322 valence electrons. The van der Waals surface area contributed by atoms with E-state index in [1.54, 1.807) is 0 Å². The lowest BCUT2D eigenvalue weighted by Crippen LogP contribution is -2.54. The second kappa shape index (κ2) is 23.8. The van der Waals surface area contributed by atoms with E-state index < -0.39 is 15.9 Å². The smallest absolute Gasteiger partial charge is 0.306 e. The third-order valence-electron chi connectivity index (χ3n) is 15.5. The molecule has 0 aromatic carbocycles. The highest BCUT2D eigenvalue weighted by Crippen LogP contribution is 2.68. The molecule has 0 aromatic heterocycles. The molecular weight excluding hydrogens is 719 g/mol. The van der Waals surface area contributed by atoms with Crippen LogP contribution >= 0.6 is 0 Å². The van der Waals surface area contributed by atoms with Crippen molar-refractivity contribution in [3.8, 4) is 0 Å². The molecule has 1 amide bonds. The Balaban J connectivity index is 1.05. The maximum absolute atomic E-state index is 12.9. The molecule has 0 saturated heterocycles. The Hall–Kier alpha value is -1.67. The zero-order valence-electron chi connectivity index (χ0n) is 36.3. The van der Waals surface area contributed by atoms with Gasteiger partial charge in [0.05, 0.1) is 5.75 Å². The van der Waals surface area contributed by atoms with Gasteiger partial charge in [-0.25, -0.2) is 0 Å². The number of nitrogens with one attached hydrogen (secondary N) is 1. The molecule has 9 unspecified atom stereocenters. The fraction of sp³-hybridized carbons (Fsp3) is 0.875. The molecule has 0 radical (unpaired) electrons. The van der Waals surface area contributed by atoms with Crippen LogP contribution in [0.15, 0.2) is 24.3 Å². The summed E-state index contributed by atoms with van der Waals surface area (Å²) in [4.78, 5) is 25.3. The molecule has 4 saturated carbocycles. The van der Waals surface area contributed by atoms with E-state index >= 15 is 0 Å². The van der Waals surface area contributed by atoms with Crippen LogP contribution in [0.5, 0.6) is 0 Å². The molecule has 4 aliphatic carbocycles. The van der Waals surface area contributed by atoms with Gasteiger partial charge in [-0.2, -0.15) is 8.42 Å². The molecule has 7 nitrogen and oxygen atoms in total. The zero-order valence-corrected chi connectivity index (χ0v) is 37.1. The molecule has 2 N–H and O–H groups in total. The minimum Gasteiger partial charge on any atom is -0.462 e. The maximum atomic E-state index is 12.9. The topological polar surface area (TPSA) is 110 Å². The van der Waals surface area contributed by atoms with Crippen molar-refractivity contribution in [1.29, 1.82) is 0 Å². The third kappa shape index (κ3) is 14.6. The van der Waals surface area contributed by atoms with Gasteiger partial charge in [0.15, 0.2) is 0 Å². The standard InChI is InChI=1S/C48H83NO6S/c1-5-6-7-8-9-10-11-12-13-14-15-16-17-18-19-20-21-22-23-24-46(51)55-40-31-33-47(3)39(37-40)26-27-41-43-29-28-42(48(43,4)34-32-44(41)47)38(2)25-30-45(50)49-35-36-56(52,53)54/h9-10,12-13,38-44H,5-8,11,14-37H2,1-4H3,(H,49,50)(H,52,53,54)/b10-9-,13-12-. The number of unbranched alkanes of at least 4 members (excludes halogenated alkanes) is 12. The van der Waals surface area contributed by atoms with Gasteiger partial charge < -0.3 is 10.1 Å². The first-order valence-electron chi connectivity index (χ1n) is 23.6. The molecule has 56 heavy (non-hydrogen) atoms. The Kier molecular flexibility index (Phi) is 20.0. The predicted molar refractivity (Wildman–Crippen MR) is 231 cm³/mol. The summed E-state index contributed by atoms with van der Waals surface area (Å²) in [5.74, 6) is 3.46. The summed E-state index contributed by atoms with van der Waals surface area (Å²) >= 11 is 0. The molecule has 0 bridgehead atoms. The first kappa shape index (κ1) is 47.0. The minimum atomic E-state index is -4.06. The van der Waals surface area contributed by atoms with E-state index in [-0.39, 0.29) is 24.5 Å². The highest BCUT2D eigenvalue weighted by molar-refractivity contribution is 7.85. The van der Waals surface area contributed by atoms with Gasteiger partial charge in [0.2, 0.25) is 5.91 Å². The second-order valence-electron chi connectivity index (χ2n) is 19.3. The molecule has 0 aliphatic heterocycles. The Morgan fingerprint density at radius 1 is 0.768 bits per heavy atom. The van der Waals surface area contributed by atoms with Crippen LogP contribution in [0.1, 0.15) is 201 Å². The Labute approximate surface area is 343 Å². The summed E-state index contributed by atoms with van der Waals surface area (Å²) < 4.78 is 37.0. The quantitative estimate of drug-likeness (QED) is 0.0390. The number of fused-ring (bicyclic) bond motifs is 5. The van der Waals surface area contributed by atoms with E-state index in [2.05, 4.69) is 57.3 Å².